The molecule has 0 spiro atoms. The van der Waals surface area contributed by atoms with E-state index in [0.717, 1.165) is 33.9 Å². The molecule has 0 amide bonds. The van der Waals surface area contributed by atoms with E-state index in [9.17, 15) is 5.11 Å². The number of para-hydroxylation sites is 2. The Morgan fingerprint density at radius 1 is 0.938 bits per heavy atom. The van der Waals surface area contributed by atoms with Crippen molar-refractivity contribution in [2.24, 2.45) is 4.99 Å². The highest BCUT2D eigenvalue weighted by Crippen LogP contribution is 2.40. The van der Waals surface area contributed by atoms with E-state index in [4.69, 9.17) is 19.2 Å². The molecule has 6 nitrogen and oxygen atoms in total. The first kappa shape index (κ1) is 21.7. The van der Waals surface area contributed by atoms with Crippen molar-refractivity contribution in [2.75, 3.05) is 20.8 Å². The molecular formula is C26H28N2O4. The van der Waals surface area contributed by atoms with Crippen LogP contribution < -0.4 is 19.5 Å². The molecule has 1 aliphatic rings. The van der Waals surface area contributed by atoms with Crippen LogP contribution >= 0.6 is 0 Å². The molecule has 0 saturated heterocycles. The first-order valence-corrected chi connectivity index (χ1v) is 10.7. The van der Waals surface area contributed by atoms with Crippen LogP contribution in [0, 0.1) is 0 Å². The molecule has 1 aliphatic heterocycles. The standard InChI is InChI=1S/C26H28N2O4/c1-4-32-24-14-8-12-19(25(24)29)22-16-21(17-9-7-10-18(15-17)30-2)27-26(28-22)20-11-5-6-13-23(20)31-3/h5-15,22,26,28-29H,4,16H2,1-3H3/t22-,26-/m1/s1. The predicted octanol–water partition coefficient (Wildman–Crippen LogP) is 5.03. The number of rotatable bonds is 7. The molecule has 32 heavy (non-hydrogen) atoms. The van der Waals surface area contributed by atoms with Crippen LogP contribution in [-0.2, 0) is 0 Å². The van der Waals surface area contributed by atoms with Crippen molar-refractivity contribution < 1.29 is 19.3 Å². The lowest BCUT2D eigenvalue weighted by atomic mass is 9.93. The van der Waals surface area contributed by atoms with E-state index in [-0.39, 0.29) is 18.0 Å². The highest BCUT2D eigenvalue weighted by Gasteiger charge is 2.30. The van der Waals surface area contributed by atoms with Gasteiger partial charge in [-0.25, -0.2) is 0 Å². The number of methoxy groups -OCH3 is 2. The zero-order valence-electron chi connectivity index (χ0n) is 18.5. The molecule has 0 bridgehead atoms. The van der Waals surface area contributed by atoms with E-state index in [0.29, 0.717) is 18.8 Å². The van der Waals surface area contributed by atoms with Crippen molar-refractivity contribution in [1.29, 1.82) is 0 Å². The van der Waals surface area contributed by atoms with Gasteiger partial charge in [0, 0.05) is 29.3 Å². The molecular weight excluding hydrogens is 404 g/mol. The van der Waals surface area contributed by atoms with Crippen LogP contribution in [-0.4, -0.2) is 31.6 Å². The van der Waals surface area contributed by atoms with E-state index in [2.05, 4.69) is 5.32 Å². The number of hydrogen-bond acceptors (Lipinski definition) is 6. The van der Waals surface area contributed by atoms with Crippen molar-refractivity contribution in [3.63, 3.8) is 0 Å². The Morgan fingerprint density at radius 2 is 1.69 bits per heavy atom. The number of phenols is 1. The van der Waals surface area contributed by atoms with E-state index in [1.54, 1.807) is 20.3 Å². The van der Waals surface area contributed by atoms with Crippen LogP contribution in [0.3, 0.4) is 0 Å². The van der Waals surface area contributed by atoms with Gasteiger partial charge in [-0.15, -0.1) is 0 Å². The largest absolute Gasteiger partial charge is 0.504 e. The first-order chi connectivity index (χ1) is 15.6. The van der Waals surface area contributed by atoms with E-state index >= 15 is 0 Å². The fraction of sp³-hybridized carbons (Fsp3) is 0.269. The minimum Gasteiger partial charge on any atom is -0.504 e. The van der Waals surface area contributed by atoms with Crippen LogP contribution in [0.1, 0.15) is 42.2 Å². The second-order valence-corrected chi connectivity index (χ2v) is 7.50. The van der Waals surface area contributed by atoms with Gasteiger partial charge in [-0.1, -0.05) is 42.5 Å². The maximum Gasteiger partial charge on any atom is 0.162 e. The minimum absolute atomic E-state index is 0.150. The SMILES string of the molecule is CCOc1cccc([C@H]2CC(c3cccc(OC)c3)=N[C@@H](c3ccccc3OC)N2)c1O. The van der Waals surface area contributed by atoms with Gasteiger partial charge in [0.25, 0.3) is 0 Å². The molecule has 0 unspecified atom stereocenters. The molecule has 0 radical (unpaired) electrons. The van der Waals surface area contributed by atoms with Gasteiger partial charge in [-0.05, 0) is 36.8 Å². The number of nitrogens with zero attached hydrogens (tertiary/aromatic N) is 1. The summed E-state index contributed by atoms with van der Waals surface area (Å²) < 4.78 is 16.6. The third kappa shape index (κ3) is 4.41. The minimum atomic E-state index is -0.346. The predicted molar refractivity (Wildman–Crippen MR) is 125 cm³/mol. The lowest BCUT2D eigenvalue weighted by Crippen LogP contribution is -2.33. The quantitative estimate of drug-likeness (QED) is 0.548. The van der Waals surface area contributed by atoms with Gasteiger partial charge in [0.2, 0.25) is 0 Å². The molecule has 2 N–H and O–H groups in total. The van der Waals surface area contributed by atoms with Gasteiger partial charge < -0.3 is 19.3 Å². The topological polar surface area (TPSA) is 72.3 Å². The van der Waals surface area contributed by atoms with Gasteiger partial charge in [-0.2, -0.15) is 0 Å². The summed E-state index contributed by atoms with van der Waals surface area (Å²) in [7, 11) is 3.31. The Kier molecular flexibility index (Phi) is 6.61. The molecule has 2 atom stereocenters. The van der Waals surface area contributed by atoms with Gasteiger partial charge in [0.05, 0.1) is 20.8 Å². The van der Waals surface area contributed by atoms with Crippen molar-refractivity contribution in [2.45, 2.75) is 25.6 Å². The lowest BCUT2D eigenvalue weighted by Gasteiger charge is -2.31. The molecule has 0 aromatic heterocycles. The highest BCUT2D eigenvalue weighted by molar-refractivity contribution is 6.02. The Labute approximate surface area is 188 Å². The normalized spacial score (nSPS) is 18.0. The fourth-order valence-electron chi connectivity index (χ4n) is 4.03. The van der Waals surface area contributed by atoms with Crippen LogP contribution in [0.2, 0.25) is 0 Å². The number of benzene rings is 3. The highest BCUT2D eigenvalue weighted by atomic mass is 16.5. The van der Waals surface area contributed by atoms with Crippen molar-refractivity contribution in [3.05, 3.63) is 83.4 Å². The summed E-state index contributed by atoms with van der Waals surface area (Å²) in [5, 5.41) is 14.5. The fourth-order valence-corrected chi connectivity index (χ4v) is 4.03. The molecule has 0 fully saturated rings. The zero-order chi connectivity index (χ0) is 22.5. The average Bonchev–Trinajstić information content (AvgIpc) is 2.85. The monoisotopic (exact) mass is 432 g/mol. The van der Waals surface area contributed by atoms with Gasteiger partial charge in [0.1, 0.15) is 17.7 Å². The van der Waals surface area contributed by atoms with Gasteiger partial charge in [-0.3, -0.25) is 10.3 Å². The number of nitrogens with one attached hydrogen (secondary N) is 1. The van der Waals surface area contributed by atoms with Gasteiger partial charge >= 0.3 is 0 Å². The maximum atomic E-state index is 10.9. The number of hydrogen-bond donors (Lipinski definition) is 2. The number of phenolic OH excluding ortho intramolecular Hbond substituents is 1. The van der Waals surface area contributed by atoms with Gasteiger partial charge in [0.15, 0.2) is 11.5 Å². The van der Waals surface area contributed by atoms with E-state index < -0.39 is 0 Å². The number of ether oxygens (including phenoxy) is 3. The van der Waals surface area contributed by atoms with Crippen LogP contribution in [0.4, 0.5) is 0 Å². The summed E-state index contributed by atoms with van der Waals surface area (Å²) in [6, 6.07) is 21.1. The van der Waals surface area contributed by atoms with Crippen LogP contribution in [0.5, 0.6) is 23.0 Å². The third-order valence-electron chi connectivity index (χ3n) is 5.58. The second-order valence-electron chi connectivity index (χ2n) is 7.50. The first-order valence-electron chi connectivity index (χ1n) is 10.7. The summed E-state index contributed by atoms with van der Waals surface area (Å²) in [5.74, 6) is 2.16. The third-order valence-corrected chi connectivity index (χ3v) is 5.58. The summed E-state index contributed by atoms with van der Waals surface area (Å²) in [6.45, 7) is 2.38. The van der Waals surface area contributed by atoms with Crippen molar-refractivity contribution in [3.8, 4) is 23.0 Å². The average molecular weight is 433 g/mol. The Morgan fingerprint density at radius 3 is 2.47 bits per heavy atom. The summed E-state index contributed by atoms with van der Waals surface area (Å²) in [5.41, 5.74) is 3.60. The van der Waals surface area contributed by atoms with E-state index in [1.165, 1.54) is 0 Å². The molecule has 1 heterocycles. The molecule has 0 aliphatic carbocycles. The maximum absolute atomic E-state index is 10.9. The number of aliphatic imine (C=N–C) groups is 1. The zero-order valence-corrected chi connectivity index (χ0v) is 18.5. The summed E-state index contributed by atoms with van der Waals surface area (Å²) in [4.78, 5) is 5.03. The Hall–Kier alpha value is -3.51. The summed E-state index contributed by atoms with van der Waals surface area (Å²) in [6.07, 6.45) is 0.253. The molecule has 3 aromatic carbocycles. The Bertz CT molecular complexity index is 1110. The van der Waals surface area contributed by atoms with Crippen LogP contribution in [0.15, 0.2) is 71.7 Å². The lowest BCUT2D eigenvalue weighted by molar-refractivity contribution is 0.313. The Balaban J connectivity index is 1.79. The molecule has 0 saturated carbocycles. The molecule has 4 rings (SSSR count). The smallest absolute Gasteiger partial charge is 0.162 e. The van der Waals surface area contributed by atoms with Crippen molar-refractivity contribution in [1.82, 2.24) is 5.32 Å². The molecule has 6 heteroatoms. The van der Waals surface area contributed by atoms with E-state index in [1.807, 2.05) is 67.6 Å². The molecule has 166 valence electrons. The number of aromatic hydroxyl groups is 1. The van der Waals surface area contributed by atoms with Crippen LogP contribution in [0.25, 0.3) is 0 Å². The molecule has 3 aromatic rings. The summed E-state index contributed by atoms with van der Waals surface area (Å²) >= 11 is 0. The second kappa shape index (κ2) is 9.75. The van der Waals surface area contributed by atoms with Crippen molar-refractivity contribution >= 4 is 5.71 Å².